The first kappa shape index (κ1) is 41.7. The van der Waals surface area contributed by atoms with Gasteiger partial charge < -0.3 is 23.4 Å². The van der Waals surface area contributed by atoms with Crippen LogP contribution >= 0.6 is 23.2 Å². The summed E-state index contributed by atoms with van der Waals surface area (Å²) in [5.74, 6) is 0. The summed E-state index contributed by atoms with van der Waals surface area (Å²) in [4.78, 5) is 0. The van der Waals surface area contributed by atoms with E-state index in [9.17, 15) is 8.42 Å². The van der Waals surface area contributed by atoms with E-state index in [1.807, 2.05) is 109 Å². The summed E-state index contributed by atoms with van der Waals surface area (Å²) < 4.78 is 30.0. The maximum atomic E-state index is 11.8. The van der Waals surface area contributed by atoms with Crippen LogP contribution in [-0.2, 0) is 22.0 Å². The van der Waals surface area contributed by atoms with Crippen molar-refractivity contribution in [1.29, 1.82) is 0 Å². The van der Waals surface area contributed by atoms with Crippen LogP contribution in [0.1, 0.15) is 78.5 Å². The molecule has 4 nitrogen and oxygen atoms in total. The molecule has 0 bridgehead atoms. The van der Waals surface area contributed by atoms with E-state index in [1.165, 1.54) is 12.8 Å². The van der Waals surface area contributed by atoms with Gasteiger partial charge in [0.05, 0.1) is 25.8 Å². The molecule has 206 valence electrons. The Morgan fingerprint density at radius 1 is 0.919 bits per heavy atom. The Morgan fingerprint density at radius 3 is 1.68 bits per heavy atom. The second-order valence-electron chi connectivity index (χ2n) is 9.61. The van der Waals surface area contributed by atoms with Crippen LogP contribution in [0.3, 0.4) is 0 Å². The van der Waals surface area contributed by atoms with Crippen molar-refractivity contribution in [3.63, 3.8) is 0 Å². The minimum Gasteiger partial charge on any atom is -1.00 e. The minimum absolute atomic E-state index is 0. The van der Waals surface area contributed by atoms with Gasteiger partial charge in [-0.1, -0.05) is 60.7 Å². The first-order chi connectivity index (χ1) is 16.3. The predicted molar refractivity (Wildman–Crippen MR) is 164 cm³/mol. The van der Waals surface area contributed by atoms with Gasteiger partial charge in [0.25, 0.3) is 0 Å². The molecule has 1 saturated carbocycles. The predicted octanol–water partition coefficient (Wildman–Crippen LogP) is 4.40. The molecular weight excluding hydrogens is 624 g/mol. The number of nitrogens with zero attached hydrogens (tertiary/aromatic N) is 1. The van der Waals surface area contributed by atoms with Gasteiger partial charge in [-0.25, -0.2) is 26.0 Å². The molecule has 0 aliphatic heterocycles. The van der Waals surface area contributed by atoms with Crippen molar-refractivity contribution in [3.8, 4) is 0 Å². The van der Waals surface area contributed by atoms with Crippen molar-refractivity contribution in [2.45, 2.75) is 76.8 Å². The van der Waals surface area contributed by atoms with Crippen LogP contribution in [0.2, 0.25) is 0 Å². The van der Waals surface area contributed by atoms with Gasteiger partial charge in [0.15, 0.2) is 0 Å². The van der Waals surface area contributed by atoms with Crippen LogP contribution in [0.25, 0.3) is 0 Å². The Labute approximate surface area is 267 Å². The van der Waals surface area contributed by atoms with Gasteiger partial charge in [-0.3, -0.25) is 0 Å². The fourth-order valence-corrected chi connectivity index (χ4v) is 3.30. The molecule has 3 atom stereocenters. The number of alkyl halides is 2. The van der Waals surface area contributed by atoms with Gasteiger partial charge in [-0.2, -0.15) is 4.40 Å². The molecule has 1 aliphatic rings. The fraction of sp³-hybridized carbons (Fsp3) is 0.481. The van der Waals surface area contributed by atoms with Crippen molar-refractivity contribution in [2.24, 2.45) is 4.40 Å². The number of nitrogens with one attached hydrogen (secondary N) is 1. The molecule has 0 unspecified atom stereocenters. The molecule has 0 amide bonds. The van der Waals surface area contributed by atoms with E-state index in [0.717, 1.165) is 11.1 Å². The van der Waals surface area contributed by atoms with Gasteiger partial charge in [0.1, 0.15) is 11.0 Å². The number of rotatable bonds is 5. The fourth-order valence-electron chi connectivity index (χ4n) is 1.95. The monoisotopic (exact) mass is 662 g/mol. The van der Waals surface area contributed by atoms with E-state index in [0.29, 0.717) is 0 Å². The van der Waals surface area contributed by atoms with Crippen molar-refractivity contribution in [2.75, 3.05) is 5.34 Å². The van der Waals surface area contributed by atoms with E-state index in [4.69, 9.17) is 23.2 Å². The molecule has 2 aromatic rings. The van der Waals surface area contributed by atoms with Crippen molar-refractivity contribution in [3.05, 3.63) is 78.2 Å². The maximum Gasteiger partial charge on any atom is 2.00 e. The molecule has 0 radical (unpaired) electrons. The standard InChI is InChI=1S/C12H19NOS.C11H15NOS.C3H5.CH2Cl2.BrH.Mg/c1-10(11-8-6-5-7-9-11)13-15(14)12(2,3)4;1-11(2,3)14(13)12-9-10-7-5-4-6-8-10;1-2-3-1;2-1-3;;/h5-10,13H,1-4H3;4-9H,1-3H3;1H,2-3H2;1H2;1H;/q;;-1;;;+2/p-1/t10-,15+;14-;;;;/m01..../s1. The van der Waals surface area contributed by atoms with Crippen LogP contribution < -0.4 is 21.7 Å². The summed E-state index contributed by atoms with van der Waals surface area (Å²) in [7, 11) is -2.19. The molecule has 0 spiro atoms. The molecule has 0 saturated heterocycles. The van der Waals surface area contributed by atoms with Crippen LogP contribution in [0.5, 0.6) is 0 Å². The topological polar surface area (TPSA) is 58.5 Å². The summed E-state index contributed by atoms with van der Waals surface area (Å²) >= 11 is 9.53. The van der Waals surface area contributed by atoms with Crippen molar-refractivity contribution >= 4 is 74.4 Å². The van der Waals surface area contributed by atoms with E-state index < -0.39 is 22.0 Å². The Balaban J connectivity index is -0.000000489. The summed E-state index contributed by atoms with van der Waals surface area (Å²) in [6.07, 6.45) is 6.65. The van der Waals surface area contributed by atoms with Crippen molar-refractivity contribution < 1.29 is 25.4 Å². The Kier molecular flexibility index (Phi) is 25.9. The molecule has 0 aromatic heterocycles. The number of hydrogen-bond donors (Lipinski definition) is 1. The third-order valence-corrected chi connectivity index (χ3v) is 7.07. The summed E-state index contributed by atoms with van der Waals surface area (Å²) in [5, 5.41) is 0.194. The molecule has 37 heavy (non-hydrogen) atoms. The maximum absolute atomic E-state index is 11.8. The van der Waals surface area contributed by atoms with Gasteiger partial charge >= 0.3 is 23.1 Å². The van der Waals surface area contributed by atoms with E-state index >= 15 is 0 Å². The third kappa shape index (κ3) is 23.8. The molecule has 1 N–H and O–H groups in total. The van der Waals surface area contributed by atoms with Gasteiger partial charge in [-0.15, -0.1) is 23.2 Å². The number of halogens is 3. The van der Waals surface area contributed by atoms with Gasteiger partial charge in [0, 0.05) is 12.3 Å². The van der Waals surface area contributed by atoms with Crippen LogP contribution in [-0.4, -0.2) is 52.5 Å². The smallest absolute Gasteiger partial charge is 1.00 e. The SMILES string of the molecule is CC(C)(C)[S@@](=O)N=Cc1ccccc1.C[C@H](N[S@](=O)C(C)(C)C)c1ccccc1.ClCCl.[Br-].[CH-]1CC1.[Mg+2]. The van der Waals surface area contributed by atoms with Gasteiger partial charge in [-0.05, 0) is 59.6 Å². The average Bonchev–Trinajstić information content (AvgIpc) is 3.68. The summed E-state index contributed by atoms with van der Waals surface area (Å²) in [6.45, 7) is 13.6. The number of benzene rings is 2. The normalized spacial score (nSPS) is 14.4. The zero-order valence-electron chi connectivity index (χ0n) is 23.0. The minimum atomic E-state index is -1.17. The zero-order chi connectivity index (χ0) is 26.9. The van der Waals surface area contributed by atoms with E-state index in [1.54, 1.807) is 6.21 Å². The molecule has 2 aromatic carbocycles. The second-order valence-corrected chi connectivity index (χ2v) is 14.3. The molecule has 3 rings (SSSR count). The van der Waals surface area contributed by atoms with Crippen LogP contribution in [0.15, 0.2) is 65.1 Å². The Bertz CT molecular complexity index is 890. The van der Waals surface area contributed by atoms with Crippen LogP contribution in [0.4, 0.5) is 0 Å². The third-order valence-electron chi connectivity index (χ3n) is 4.05. The number of hydrogen-bond acceptors (Lipinski definition) is 2. The van der Waals surface area contributed by atoms with Gasteiger partial charge in [0.2, 0.25) is 0 Å². The summed E-state index contributed by atoms with van der Waals surface area (Å²) in [6, 6.07) is 19.8. The molecular formula is C27H41BrCl2MgN2O2S2. The van der Waals surface area contributed by atoms with E-state index in [-0.39, 0.29) is 60.9 Å². The first-order valence-electron chi connectivity index (χ1n) is 11.5. The summed E-state index contributed by atoms with van der Waals surface area (Å²) in [5.41, 5.74) is 2.14. The van der Waals surface area contributed by atoms with Crippen LogP contribution in [0, 0.1) is 6.42 Å². The average molecular weight is 665 g/mol. The van der Waals surface area contributed by atoms with Crippen molar-refractivity contribution in [1.82, 2.24) is 4.72 Å². The zero-order valence-corrected chi connectivity index (χ0v) is 29.2. The largest absolute Gasteiger partial charge is 2.00 e. The van der Waals surface area contributed by atoms with E-state index in [2.05, 4.69) is 15.5 Å². The molecule has 1 aliphatic carbocycles. The molecule has 10 heteroatoms. The Morgan fingerprint density at radius 2 is 1.32 bits per heavy atom. The Hall–Kier alpha value is 0.196. The second kappa shape index (κ2) is 23.0. The molecule has 0 heterocycles. The first-order valence-corrected chi connectivity index (χ1v) is 14.8. The molecule has 1 fully saturated rings. The quantitative estimate of drug-likeness (QED) is 0.223.